The molecule has 0 radical (unpaired) electrons. The molecule has 0 aliphatic rings. The molecule has 26 heavy (non-hydrogen) atoms. The Labute approximate surface area is 150 Å². The van der Waals surface area contributed by atoms with E-state index in [0.717, 1.165) is 16.4 Å². The monoisotopic (exact) mass is 346 g/mol. The van der Waals surface area contributed by atoms with Crippen LogP contribution in [0.1, 0.15) is 24.2 Å². The van der Waals surface area contributed by atoms with Crippen LogP contribution in [-0.4, -0.2) is 17.0 Å². The van der Waals surface area contributed by atoms with Crippen LogP contribution in [0.4, 0.5) is 5.69 Å². The van der Waals surface area contributed by atoms with Crippen molar-refractivity contribution in [1.29, 1.82) is 0 Å². The maximum absolute atomic E-state index is 13.1. The van der Waals surface area contributed by atoms with Gasteiger partial charge in [0.15, 0.2) is 0 Å². The van der Waals surface area contributed by atoms with E-state index in [1.54, 1.807) is 30.6 Å². The van der Waals surface area contributed by atoms with Crippen molar-refractivity contribution in [2.75, 3.05) is 5.32 Å². The summed E-state index contributed by atoms with van der Waals surface area (Å²) in [6.45, 7) is 3.86. The summed E-state index contributed by atoms with van der Waals surface area (Å²) in [4.78, 5) is 17.2. The van der Waals surface area contributed by atoms with Crippen molar-refractivity contribution >= 4 is 33.5 Å². The van der Waals surface area contributed by atoms with Crippen LogP contribution in [0, 0.1) is 0 Å². The van der Waals surface area contributed by atoms with Crippen LogP contribution in [0.15, 0.2) is 65.3 Å². The number of rotatable bonds is 4. The first-order chi connectivity index (χ1) is 12.6. The second kappa shape index (κ2) is 6.52. The van der Waals surface area contributed by atoms with Gasteiger partial charge in [0.05, 0.1) is 23.6 Å². The number of nitrogens with one attached hydrogen (secondary N) is 1. The number of aromatic nitrogens is 1. The molecule has 130 valence electrons. The quantitative estimate of drug-likeness (QED) is 0.563. The highest BCUT2D eigenvalue weighted by molar-refractivity contribution is 6.21. The number of amides is 1. The maximum Gasteiger partial charge on any atom is 0.260 e. The lowest BCUT2D eigenvalue weighted by Crippen LogP contribution is -2.16. The lowest BCUT2D eigenvalue weighted by Gasteiger charge is -2.15. The average molecular weight is 346 g/mol. The van der Waals surface area contributed by atoms with Gasteiger partial charge in [0.2, 0.25) is 0 Å². The molecule has 1 amide bonds. The summed E-state index contributed by atoms with van der Waals surface area (Å²) in [7, 11) is 0. The molecule has 2 aromatic carbocycles. The van der Waals surface area contributed by atoms with E-state index < -0.39 is 0 Å². The Hall–Kier alpha value is -3.34. The third-order valence-electron chi connectivity index (χ3n) is 4.01. The summed E-state index contributed by atoms with van der Waals surface area (Å²) in [6.07, 6.45) is 3.21. The standard InChI is InChI=1S/C21H18N2O3/c1-13(2)25-18-10-9-17-19(15-7-3-4-8-16(15)26-17)20(18)21(24)23-14-6-5-11-22-12-14/h3-13H,1-2H3,(H,23,24). The van der Waals surface area contributed by atoms with Gasteiger partial charge in [-0.3, -0.25) is 9.78 Å². The fourth-order valence-electron chi connectivity index (χ4n) is 3.01. The SMILES string of the molecule is CC(C)Oc1ccc2oc3ccccc3c2c1C(=O)Nc1cccnc1. The molecule has 0 fully saturated rings. The fraction of sp³-hybridized carbons (Fsp3) is 0.143. The number of fused-ring (bicyclic) bond motifs is 3. The minimum absolute atomic E-state index is 0.0597. The largest absolute Gasteiger partial charge is 0.490 e. The van der Waals surface area contributed by atoms with E-state index in [9.17, 15) is 4.79 Å². The molecule has 0 unspecified atom stereocenters. The zero-order chi connectivity index (χ0) is 18.1. The van der Waals surface area contributed by atoms with Crippen LogP contribution in [0.3, 0.4) is 0 Å². The summed E-state index contributed by atoms with van der Waals surface area (Å²) in [6, 6.07) is 14.9. The minimum Gasteiger partial charge on any atom is -0.490 e. The normalized spacial score (nSPS) is 11.2. The highest BCUT2D eigenvalue weighted by Gasteiger charge is 2.22. The van der Waals surface area contributed by atoms with E-state index in [-0.39, 0.29) is 12.0 Å². The molecule has 4 aromatic rings. The maximum atomic E-state index is 13.1. The Morgan fingerprint density at radius 1 is 1.08 bits per heavy atom. The molecule has 0 saturated carbocycles. The second-order valence-corrected chi connectivity index (χ2v) is 6.27. The first-order valence-corrected chi connectivity index (χ1v) is 8.46. The van der Waals surface area contributed by atoms with Gasteiger partial charge >= 0.3 is 0 Å². The van der Waals surface area contributed by atoms with Crippen LogP contribution in [0.5, 0.6) is 5.75 Å². The van der Waals surface area contributed by atoms with E-state index in [2.05, 4.69) is 10.3 Å². The number of hydrogen-bond donors (Lipinski definition) is 1. The zero-order valence-electron chi connectivity index (χ0n) is 14.5. The summed E-state index contributed by atoms with van der Waals surface area (Å²) in [5.41, 5.74) is 2.47. The number of benzene rings is 2. The van der Waals surface area contributed by atoms with E-state index in [1.807, 2.05) is 44.2 Å². The van der Waals surface area contributed by atoms with Crippen molar-refractivity contribution in [3.63, 3.8) is 0 Å². The zero-order valence-corrected chi connectivity index (χ0v) is 14.5. The molecular weight excluding hydrogens is 328 g/mol. The van der Waals surface area contributed by atoms with Crippen molar-refractivity contribution < 1.29 is 13.9 Å². The minimum atomic E-state index is -0.259. The lowest BCUT2D eigenvalue weighted by atomic mass is 10.0. The van der Waals surface area contributed by atoms with Crippen LogP contribution in [0.25, 0.3) is 21.9 Å². The molecule has 0 aliphatic carbocycles. The molecular formula is C21H18N2O3. The number of pyridine rings is 1. The molecule has 0 atom stereocenters. The number of carbonyl (C=O) groups is 1. The molecule has 2 aromatic heterocycles. The van der Waals surface area contributed by atoms with Crippen molar-refractivity contribution in [3.05, 3.63) is 66.5 Å². The molecule has 1 N–H and O–H groups in total. The molecule has 0 bridgehead atoms. The van der Waals surface area contributed by atoms with Gasteiger partial charge in [0.25, 0.3) is 5.91 Å². The molecule has 4 rings (SSSR count). The third kappa shape index (κ3) is 2.88. The van der Waals surface area contributed by atoms with Crippen molar-refractivity contribution in [1.82, 2.24) is 4.98 Å². The van der Waals surface area contributed by atoms with Crippen LogP contribution < -0.4 is 10.1 Å². The van der Waals surface area contributed by atoms with Gasteiger partial charge < -0.3 is 14.5 Å². The van der Waals surface area contributed by atoms with Gasteiger partial charge in [-0.25, -0.2) is 0 Å². The fourth-order valence-corrected chi connectivity index (χ4v) is 3.01. The van der Waals surface area contributed by atoms with Crippen molar-refractivity contribution in [2.45, 2.75) is 20.0 Å². The van der Waals surface area contributed by atoms with E-state index >= 15 is 0 Å². The van der Waals surface area contributed by atoms with Crippen molar-refractivity contribution in [2.24, 2.45) is 0 Å². The summed E-state index contributed by atoms with van der Waals surface area (Å²) < 4.78 is 11.8. The molecule has 0 spiro atoms. The summed E-state index contributed by atoms with van der Waals surface area (Å²) >= 11 is 0. The van der Waals surface area contributed by atoms with Gasteiger partial charge in [-0.2, -0.15) is 0 Å². The predicted octanol–water partition coefficient (Wildman–Crippen LogP) is 5.02. The Balaban J connectivity index is 1.92. The van der Waals surface area contributed by atoms with Crippen molar-refractivity contribution in [3.8, 4) is 5.75 Å². The number of ether oxygens (including phenoxy) is 1. The number of anilines is 1. The first kappa shape index (κ1) is 16.1. The Kier molecular flexibility index (Phi) is 4.05. The molecule has 0 saturated heterocycles. The van der Waals surface area contributed by atoms with E-state index in [4.69, 9.17) is 9.15 Å². The van der Waals surface area contributed by atoms with Gasteiger partial charge in [0.1, 0.15) is 16.9 Å². The highest BCUT2D eigenvalue weighted by atomic mass is 16.5. The highest BCUT2D eigenvalue weighted by Crippen LogP contribution is 2.36. The summed E-state index contributed by atoms with van der Waals surface area (Å²) in [5.74, 6) is 0.270. The van der Waals surface area contributed by atoms with Crippen LogP contribution in [0.2, 0.25) is 0 Å². The van der Waals surface area contributed by atoms with E-state index in [0.29, 0.717) is 22.6 Å². The number of para-hydroxylation sites is 1. The molecule has 5 heteroatoms. The number of hydrogen-bond acceptors (Lipinski definition) is 4. The van der Waals surface area contributed by atoms with Gasteiger partial charge in [-0.1, -0.05) is 18.2 Å². The Bertz CT molecular complexity index is 1080. The number of furan rings is 1. The molecule has 2 heterocycles. The van der Waals surface area contributed by atoms with Gasteiger partial charge in [-0.15, -0.1) is 0 Å². The molecule has 0 aliphatic heterocycles. The van der Waals surface area contributed by atoms with Gasteiger partial charge in [-0.05, 0) is 44.2 Å². The molecule has 5 nitrogen and oxygen atoms in total. The lowest BCUT2D eigenvalue weighted by molar-refractivity contribution is 0.102. The smallest absolute Gasteiger partial charge is 0.260 e. The number of nitrogens with zero attached hydrogens (tertiary/aromatic N) is 1. The van der Waals surface area contributed by atoms with Crippen LogP contribution >= 0.6 is 0 Å². The average Bonchev–Trinajstić information content (AvgIpc) is 3.00. The number of carbonyl (C=O) groups excluding carboxylic acids is 1. The van der Waals surface area contributed by atoms with Gasteiger partial charge in [0, 0.05) is 17.0 Å². The topological polar surface area (TPSA) is 64.4 Å². The second-order valence-electron chi connectivity index (χ2n) is 6.27. The summed E-state index contributed by atoms with van der Waals surface area (Å²) in [5, 5.41) is 4.53. The van der Waals surface area contributed by atoms with Crippen LogP contribution in [-0.2, 0) is 0 Å². The third-order valence-corrected chi connectivity index (χ3v) is 4.01. The first-order valence-electron chi connectivity index (χ1n) is 8.46. The van der Waals surface area contributed by atoms with E-state index in [1.165, 1.54) is 0 Å². The predicted molar refractivity (Wildman–Crippen MR) is 102 cm³/mol. The Morgan fingerprint density at radius 2 is 1.92 bits per heavy atom. The Morgan fingerprint density at radius 3 is 2.69 bits per heavy atom.